The van der Waals surface area contributed by atoms with Crippen molar-refractivity contribution in [2.45, 2.75) is 12.3 Å². The van der Waals surface area contributed by atoms with E-state index in [1.54, 1.807) is 24.5 Å². The SMILES string of the molecule is OCC(O)c1cnc(-c2cc3ccnc(Nc4ccc(C(F)(F)F)cc4)c3cn2)c(Cl)c1. The lowest BCUT2D eigenvalue weighted by atomic mass is 10.1. The summed E-state index contributed by atoms with van der Waals surface area (Å²) in [6.07, 6.45) is -0.936. The van der Waals surface area contributed by atoms with Crippen LogP contribution >= 0.6 is 11.6 Å². The normalized spacial score (nSPS) is 12.7. The standard InChI is InChI=1S/C22H16ClF3N4O2/c23-17-7-13(19(32)11-31)9-29-20(17)18-8-12-5-6-27-21(16(12)10-28-18)30-15-3-1-14(2-4-15)22(24,25)26/h1-10,19,31-32H,11H2,(H,27,30). The number of aliphatic hydroxyl groups is 2. The lowest BCUT2D eigenvalue weighted by molar-refractivity contribution is -0.137. The number of hydrogen-bond donors (Lipinski definition) is 3. The molecule has 10 heteroatoms. The predicted molar refractivity (Wildman–Crippen MR) is 115 cm³/mol. The first-order valence-electron chi connectivity index (χ1n) is 9.40. The van der Waals surface area contributed by atoms with Gasteiger partial charge in [-0.3, -0.25) is 9.97 Å². The van der Waals surface area contributed by atoms with Gasteiger partial charge in [0.15, 0.2) is 0 Å². The molecule has 4 rings (SSSR count). The summed E-state index contributed by atoms with van der Waals surface area (Å²) in [6.45, 7) is -0.451. The third kappa shape index (κ3) is 4.50. The number of benzene rings is 1. The molecule has 3 aromatic heterocycles. The first-order valence-corrected chi connectivity index (χ1v) is 9.78. The van der Waals surface area contributed by atoms with Crippen LogP contribution in [0.3, 0.4) is 0 Å². The minimum atomic E-state index is -4.40. The summed E-state index contributed by atoms with van der Waals surface area (Å²) in [5, 5.41) is 23.5. The average molecular weight is 461 g/mol. The maximum atomic E-state index is 12.8. The van der Waals surface area contributed by atoms with Gasteiger partial charge in [0.25, 0.3) is 0 Å². The molecule has 0 fully saturated rings. The smallest absolute Gasteiger partial charge is 0.393 e. The van der Waals surface area contributed by atoms with Gasteiger partial charge in [0.05, 0.1) is 22.9 Å². The zero-order valence-electron chi connectivity index (χ0n) is 16.3. The van der Waals surface area contributed by atoms with Gasteiger partial charge in [0, 0.05) is 35.2 Å². The van der Waals surface area contributed by atoms with Crippen LogP contribution in [0.1, 0.15) is 17.2 Å². The second kappa shape index (κ2) is 8.70. The largest absolute Gasteiger partial charge is 0.416 e. The number of alkyl halides is 3. The molecule has 3 heterocycles. The summed E-state index contributed by atoms with van der Waals surface area (Å²) in [5.41, 5.74) is 0.983. The number of nitrogens with one attached hydrogen (secondary N) is 1. The molecule has 164 valence electrons. The number of pyridine rings is 3. The fourth-order valence-corrected chi connectivity index (χ4v) is 3.38. The zero-order valence-corrected chi connectivity index (χ0v) is 17.1. The molecule has 0 saturated carbocycles. The highest BCUT2D eigenvalue weighted by molar-refractivity contribution is 6.33. The van der Waals surface area contributed by atoms with Gasteiger partial charge >= 0.3 is 6.18 Å². The fourth-order valence-electron chi connectivity index (χ4n) is 3.11. The topological polar surface area (TPSA) is 91.2 Å². The van der Waals surface area contributed by atoms with E-state index >= 15 is 0 Å². The maximum absolute atomic E-state index is 12.8. The van der Waals surface area contributed by atoms with E-state index in [4.69, 9.17) is 16.7 Å². The minimum absolute atomic E-state index is 0.263. The van der Waals surface area contributed by atoms with Gasteiger partial charge in [-0.2, -0.15) is 13.2 Å². The summed E-state index contributed by atoms with van der Waals surface area (Å²) < 4.78 is 38.3. The second-order valence-electron chi connectivity index (χ2n) is 6.95. The van der Waals surface area contributed by atoms with Crippen LogP contribution in [0.2, 0.25) is 5.02 Å². The van der Waals surface area contributed by atoms with Gasteiger partial charge in [-0.15, -0.1) is 0 Å². The highest BCUT2D eigenvalue weighted by atomic mass is 35.5. The molecule has 0 radical (unpaired) electrons. The van der Waals surface area contributed by atoms with Crippen LogP contribution in [0.4, 0.5) is 24.7 Å². The molecule has 0 amide bonds. The van der Waals surface area contributed by atoms with E-state index in [2.05, 4.69) is 20.3 Å². The predicted octanol–water partition coefficient (Wildman–Crippen LogP) is 5.13. The second-order valence-corrected chi connectivity index (χ2v) is 7.36. The molecule has 6 nitrogen and oxygen atoms in total. The van der Waals surface area contributed by atoms with Gasteiger partial charge in [-0.25, -0.2) is 4.98 Å². The van der Waals surface area contributed by atoms with Crippen LogP contribution in [-0.2, 0) is 6.18 Å². The van der Waals surface area contributed by atoms with Crippen molar-refractivity contribution in [3.05, 3.63) is 77.2 Å². The van der Waals surface area contributed by atoms with Crippen molar-refractivity contribution >= 4 is 33.9 Å². The third-order valence-corrected chi connectivity index (χ3v) is 5.07. The number of hydrogen-bond acceptors (Lipinski definition) is 6. The Hall–Kier alpha value is -3.27. The van der Waals surface area contributed by atoms with Crippen LogP contribution < -0.4 is 5.32 Å². The number of halogens is 4. The van der Waals surface area contributed by atoms with Crippen molar-refractivity contribution < 1.29 is 23.4 Å². The molecule has 1 aromatic carbocycles. The van der Waals surface area contributed by atoms with Gasteiger partial charge in [0.2, 0.25) is 0 Å². The Morgan fingerprint density at radius 2 is 1.75 bits per heavy atom. The number of rotatable bonds is 5. The van der Waals surface area contributed by atoms with E-state index in [0.717, 1.165) is 17.5 Å². The molecular weight excluding hydrogens is 445 g/mol. The number of nitrogens with zero attached hydrogens (tertiary/aromatic N) is 3. The molecule has 0 spiro atoms. The van der Waals surface area contributed by atoms with Crippen molar-refractivity contribution in [1.29, 1.82) is 0 Å². The van der Waals surface area contributed by atoms with E-state index in [1.807, 2.05) is 0 Å². The van der Waals surface area contributed by atoms with Gasteiger partial charge in [0.1, 0.15) is 17.6 Å². The number of anilines is 2. The molecule has 32 heavy (non-hydrogen) atoms. The molecule has 1 atom stereocenters. The van der Waals surface area contributed by atoms with Crippen LogP contribution in [0, 0.1) is 0 Å². The Balaban J connectivity index is 1.64. The average Bonchev–Trinajstić information content (AvgIpc) is 2.78. The van der Waals surface area contributed by atoms with Crippen LogP contribution in [0.15, 0.2) is 61.1 Å². The maximum Gasteiger partial charge on any atom is 0.416 e. The fraction of sp³-hybridized carbons (Fsp3) is 0.136. The molecule has 0 saturated heterocycles. The lowest BCUT2D eigenvalue weighted by Gasteiger charge is -2.12. The number of aliphatic hydroxyl groups excluding tert-OH is 2. The van der Waals surface area contributed by atoms with E-state index in [0.29, 0.717) is 33.8 Å². The molecule has 0 aliphatic heterocycles. The van der Waals surface area contributed by atoms with E-state index in [1.165, 1.54) is 24.4 Å². The third-order valence-electron chi connectivity index (χ3n) is 4.79. The van der Waals surface area contributed by atoms with Crippen molar-refractivity contribution in [3.63, 3.8) is 0 Å². The van der Waals surface area contributed by atoms with Crippen molar-refractivity contribution in [3.8, 4) is 11.4 Å². The Bertz CT molecular complexity index is 1270. The number of aromatic nitrogens is 3. The summed E-state index contributed by atoms with van der Waals surface area (Å²) in [7, 11) is 0. The first-order chi connectivity index (χ1) is 15.3. The Morgan fingerprint density at radius 1 is 1.00 bits per heavy atom. The molecule has 0 aliphatic rings. The van der Waals surface area contributed by atoms with Gasteiger partial charge < -0.3 is 15.5 Å². The minimum Gasteiger partial charge on any atom is -0.393 e. The molecule has 0 bridgehead atoms. The highest BCUT2D eigenvalue weighted by Gasteiger charge is 2.30. The van der Waals surface area contributed by atoms with E-state index < -0.39 is 24.5 Å². The lowest BCUT2D eigenvalue weighted by Crippen LogP contribution is -2.04. The molecule has 3 N–H and O–H groups in total. The van der Waals surface area contributed by atoms with Crippen LogP contribution in [0.5, 0.6) is 0 Å². The van der Waals surface area contributed by atoms with E-state index in [9.17, 15) is 18.3 Å². The summed E-state index contributed by atoms with van der Waals surface area (Å²) >= 11 is 6.30. The van der Waals surface area contributed by atoms with Crippen molar-refractivity contribution in [1.82, 2.24) is 15.0 Å². The monoisotopic (exact) mass is 460 g/mol. The molecular formula is C22H16ClF3N4O2. The van der Waals surface area contributed by atoms with Gasteiger partial charge in [-0.05, 0) is 47.9 Å². The van der Waals surface area contributed by atoms with E-state index in [-0.39, 0.29) is 5.02 Å². The summed E-state index contributed by atoms with van der Waals surface area (Å²) in [6, 6.07) is 9.68. The Morgan fingerprint density at radius 3 is 2.41 bits per heavy atom. The van der Waals surface area contributed by atoms with Crippen LogP contribution in [0.25, 0.3) is 22.2 Å². The Kier molecular flexibility index (Phi) is 5.96. The number of fused-ring (bicyclic) bond motifs is 1. The molecule has 0 aliphatic carbocycles. The zero-order chi connectivity index (χ0) is 22.9. The summed E-state index contributed by atoms with van der Waals surface area (Å²) in [4.78, 5) is 12.9. The van der Waals surface area contributed by atoms with Crippen molar-refractivity contribution in [2.75, 3.05) is 11.9 Å². The molecule has 4 aromatic rings. The summed E-state index contributed by atoms with van der Waals surface area (Å²) in [5.74, 6) is 0.432. The van der Waals surface area contributed by atoms with Crippen molar-refractivity contribution in [2.24, 2.45) is 0 Å². The first kappa shape index (κ1) is 21.9. The molecule has 1 unspecified atom stereocenters. The van der Waals surface area contributed by atoms with Crippen LogP contribution in [-0.4, -0.2) is 31.8 Å². The van der Waals surface area contributed by atoms with Gasteiger partial charge in [-0.1, -0.05) is 11.6 Å². The highest BCUT2D eigenvalue weighted by Crippen LogP contribution is 2.32. The Labute approximate surface area is 185 Å². The quantitative estimate of drug-likeness (QED) is 0.382.